The van der Waals surface area contributed by atoms with Gasteiger partial charge in [-0.15, -0.1) is 0 Å². The molecule has 1 aliphatic heterocycles. The van der Waals surface area contributed by atoms with Gasteiger partial charge in [0.25, 0.3) is 0 Å². The van der Waals surface area contributed by atoms with Gasteiger partial charge in [0.15, 0.2) is 0 Å². The highest BCUT2D eigenvalue weighted by atomic mass is 16.5. The molecule has 2 heteroatoms. The smallest absolute Gasteiger partial charge is 0.128 e. The Kier molecular flexibility index (Phi) is 2.04. The van der Waals surface area contributed by atoms with E-state index in [2.05, 4.69) is 12.1 Å². The Balaban J connectivity index is 2.57. The molecule has 0 fully saturated rings. The topological polar surface area (TPSA) is 33.0 Å². The van der Waals surface area contributed by atoms with E-state index in [1.807, 2.05) is 32.9 Å². The molecule has 0 amide bonds. The Bertz CT molecular complexity index is 478. The van der Waals surface area contributed by atoms with Gasteiger partial charge in [0, 0.05) is 5.56 Å². The zero-order valence-electron chi connectivity index (χ0n) is 9.16. The Labute approximate surface area is 89.8 Å². The van der Waals surface area contributed by atoms with Crippen LogP contribution < -0.4 is 4.74 Å². The number of fused-ring (bicyclic) bond motifs is 1. The molecular formula is C13H13NO. The molecule has 1 aromatic carbocycles. The third-order valence-corrected chi connectivity index (χ3v) is 2.47. The van der Waals surface area contributed by atoms with Crippen LogP contribution in [0.4, 0.5) is 0 Å². The van der Waals surface area contributed by atoms with Crippen molar-refractivity contribution in [2.75, 3.05) is 0 Å². The van der Waals surface area contributed by atoms with Crippen molar-refractivity contribution in [3.63, 3.8) is 0 Å². The van der Waals surface area contributed by atoms with Crippen molar-refractivity contribution >= 4 is 5.57 Å². The third kappa shape index (κ3) is 1.73. The first-order chi connectivity index (χ1) is 7.02. The van der Waals surface area contributed by atoms with E-state index in [1.165, 1.54) is 5.57 Å². The maximum absolute atomic E-state index is 8.82. The SMILES string of the molecule is CC1=CC(C)(C)Oc2ccc(C#N)cc21. The summed E-state index contributed by atoms with van der Waals surface area (Å²) in [6.45, 7) is 6.10. The second-order valence-electron chi connectivity index (χ2n) is 4.36. The first-order valence-electron chi connectivity index (χ1n) is 4.95. The summed E-state index contributed by atoms with van der Waals surface area (Å²) < 4.78 is 5.80. The van der Waals surface area contributed by atoms with Crippen LogP contribution in [0.1, 0.15) is 31.9 Å². The summed E-state index contributed by atoms with van der Waals surface area (Å²) in [6, 6.07) is 7.66. The molecule has 0 N–H and O–H groups in total. The number of hydrogen-bond acceptors (Lipinski definition) is 2. The fraction of sp³-hybridized carbons (Fsp3) is 0.308. The van der Waals surface area contributed by atoms with E-state index in [9.17, 15) is 0 Å². The van der Waals surface area contributed by atoms with Crippen LogP contribution in [0.15, 0.2) is 24.3 Å². The second-order valence-corrected chi connectivity index (χ2v) is 4.36. The van der Waals surface area contributed by atoms with Crippen molar-refractivity contribution in [1.82, 2.24) is 0 Å². The van der Waals surface area contributed by atoms with E-state index >= 15 is 0 Å². The predicted octanol–water partition coefficient (Wildman–Crippen LogP) is 3.13. The summed E-state index contributed by atoms with van der Waals surface area (Å²) in [5.74, 6) is 0.860. The highest BCUT2D eigenvalue weighted by Gasteiger charge is 2.24. The van der Waals surface area contributed by atoms with Gasteiger partial charge >= 0.3 is 0 Å². The molecule has 0 radical (unpaired) electrons. The quantitative estimate of drug-likeness (QED) is 0.643. The van der Waals surface area contributed by atoms with Crippen LogP contribution in [0.5, 0.6) is 5.75 Å². The van der Waals surface area contributed by atoms with E-state index in [4.69, 9.17) is 10.00 Å². The number of rotatable bonds is 0. The predicted molar refractivity (Wildman–Crippen MR) is 59.5 cm³/mol. The molecule has 15 heavy (non-hydrogen) atoms. The lowest BCUT2D eigenvalue weighted by molar-refractivity contribution is 0.158. The van der Waals surface area contributed by atoms with Gasteiger partial charge in [0.05, 0.1) is 11.6 Å². The zero-order valence-corrected chi connectivity index (χ0v) is 9.16. The van der Waals surface area contributed by atoms with E-state index < -0.39 is 0 Å². The molecule has 0 bridgehead atoms. The molecule has 0 aliphatic carbocycles. The molecule has 0 atom stereocenters. The lowest BCUT2D eigenvalue weighted by Gasteiger charge is -2.30. The minimum atomic E-state index is -0.259. The average molecular weight is 199 g/mol. The van der Waals surface area contributed by atoms with Gasteiger partial charge in [-0.2, -0.15) is 5.26 Å². The van der Waals surface area contributed by atoms with Crippen LogP contribution in [-0.2, 0) is 0 Å². The number of allylic oxidation sites excluding steroid dienone is 1. The van der Waals surface area contributed by atoms with Gasteiger partial charge in [-0.3, -0.25) is 0 Å². The molecule has 2 nitrogen and oxygen atoms in total. The van der Waals surface area contributed by atoms with Gasteiger partial charge in [0.1, 0.15) is 11.4 Å². The molecule has 0 spiro atoms. The first kappa shape index (κ1) is 9.79. The van der Waals surface area contributed by atoms with Crippen molar-refractivity contribution in [1.29, 1.82) is 5.26 Å². The molecular weight excluding hydrogens is 186 g/mol. The fourth-order valence-corrected chi connectivity index (χ4v) is 1.91. The van der Waals surface area contributed by atoms with Gasteiger partial charge in [0.2, 0.25) is 0 Å². The molecule has 0 aromatic heterocycles. The van der Waals surface area contributed by atoms with Crippen LogP contribution in [0.2, 0.25) is 0 Å². The molecule has 0 saturated heterocycles. The lowest BCUT2D eigenvalue weighted by atomic mass is 9.95. The summed E-state index contributed by atoms with van der Waals surface area (Å²) >= 11 is 0. The minimum Gasteiger partial charge on any atom is -0.483 e. The Morgan fingerprint density at radius 2 is 2.07 bits per heavy atom. The fourth-order valence-electron chi connectivity index (χ4n) is 1.91. The molecule has 2 rings (SSSR count). The minimum absolute atomic E-state index is 0.259. The van der Waals surface area contributed by atoms with E-state index in [1.54, 1.807) is 6.07 Å². The summed E-state index contributed by atoms with van der Waals surface area (Å²) in [7, 11) is 0. The maximum atomic E-state index is 8.82. The van der Waals surface area contributed by atoms with Crippen molar-refractivity contribution in [3.8, 4) is 11.8 Å². The molecule has 1 heterocycles. The molecule has 0 saturated carbocycles. The normalized spacial score (nSPS) is 17.1. The highest BCUT2D eigenvalue weighted by Crippen LogP contribution is 2.35. The molecule has 1 aliphatic rings. The summed E-state index contributed by atoms with van der Waals surface area (Å²) in [5.41, 5.74) is 2.60. The average Bonchev–Trinajstić information content (AvgIpc) is 2.15. The van der Waals surface area contributed by atoms with Crippen molar-refractivity contribution in [2.45, 2.75) is 26.4 Å². The largest absolute Gasteiger partial charge is 0.483 e. The summed E-state index contributed by atoms with van der Waals surface area (Å²) in [4.78, 5) is 0. The van der Waals surface area contributed by atoms with E-state index in [0.29, 0.717) is 5.56 Å². The van der Waals surface area contributed by atoms with Crippen molar-refractivity contribution in [3.05, 3.63) is 35.4 Å². The Morgan fingerprint density at radius 3 is 2.73 bits per heavy atom. The number of nitrogens with zero attached hydrogens (tertiary/aromatic N) is 1. The van der Waals surface area contributed by atoms with Crippen LogP contribution >= 0.6 is 0 Å². The Hall–Kier alpha value is -1.75. The van der Waals surface area contributed by atoms with Crippen LogP contribution in [0.3, 0.4) is 0 Å². The van der Waals surface area contributed by atoms with Gasteiger partial charge < -0.3 is 4.74 Å². The van der Waals surface area contributed by atoms with Crippen LogP contribution in [0.25, 0.3) is 5.57 Å². The van der Waals surface area contributed by atoms with Gasteiger partial charge in [-0.25, -0.2) is 0 Å². The summed E-state index contributed by atoms with van der Waals surface area (Å²) in [6.07, 6.45) is 2.08. The monoisotopic (exact) mass is 199 g/mol. The molecule has 0 unspecified atom stereocenters. The number of hydrogen-bond donors (Lipinski definition) is 0. The molecule has 1 aromatic rings. The third-order valence-electron chi connectivity index (χ3n) is 2.47. The zero-order chi connectivity index (χ0) is 11.1. The number of ether oxygens (including phenoxy) is 1. The van der Waals surface area contributed by atoms with Gasteiger partial charge in [-0.05, 0) is 50.6 Å². The maximum Gasteiger partial charge on any atom is 0.128 e. The number of nitriles is 1. The lowest BCUT2D eigenvalue weighted by Crippen LogP contribution is -2.28. The molecule has 76 valence electrons. The van der Waals surface area contributed by atoms with Crippen LogP contribution in [0, 0.1) is 11.3 Å². The van der Waals surface area contributed by atoms with E-state index in [-0.39, 0.29) is 5.60 Å². The van der Waals surface area contributed by atoms with Crippen molar-refractivity contribution in [2.24, 2.45) is 0 Å². The summed E-state index contributed by atoms with van der Waals surface area (Å²) in [5, 5.41) is 8.82. The first-order valence-corrected chi connectivity index (χ1v) is 4.95. The number of benzene rings is 1. The van der Waals surface area contributed by atoms with Crippen LogP contribution in [-0.4, -0.2) is 5.60 Å². The van der Waals surface area contributed by atoms with Crippen molar-refractivity contribution < 1.29 is 4.74 Å². The van der Waals surface area contributed by atoms with E-state index in [0.717, 1.165) is 11.3 Å². The second kappa shape index (κ2) is 3.13. The Morgan fingerprint density at radius 1 is 1.33 bits per heavy atom. The standard InChI is InChI=1S/C13H13NO/c1-9-7-13(2,3)15-12-5-4-10(8-14)6-11(9)12/h4-7H,1-3H3. The van der Waals surface area contributed by atoms with Gasteiger partial charge in [-0.1, -0.05) is 0 Å². The highest BCUT2D eigenvalue weighted by molar-refractivity contribution is 5.73.